The highest BCUT2D eigenvalue weighted by atomic mass is 32.2. The van der Waals surface area contributed by atoms with Gasteiger partial charge >= 0.3 is 0 Å². The molecule has 1 aliphatic heterocycles. The topological polar surface area (TPSA) is 58.4 Å². The van der Waals surface area contributed by atoms with Crippen LogP contribution in [0.5, 0.6) is 0 Å². The van der Waals surface area contributed by atoms with E-state index >= 15 is 0 Å². The smallest absolute Gasteiger partial charge is 0.292 e. The molecule has 0 spiro atoms. The molecule has 0 aromatic heterocycles. The number of rotatable bonds is 5. The number of nitrogens with one attached hydrogen (secondary N) is 1. The van der Waals surface area contributed by atoms with E-state index in [0.29, 0.717) is 12.2 Å². The summed E-state index contributed by atoms with van der Waals surface area (Å²) < 4.78 is 0. The average Bonchev–Trinajstić information content (AvgIpc) is 2.69. The van der Waals surface area contributed by atoms with E-state index < -0.39 is 0 Å². The standard InChI is InChI=1S/C14H21N3O2S/c1-2-15-14-12(5-3-6-13(14)17(18)19)11-16-7-4-9-20-10-8-16/h3,5-6,15H,2,4,7-11H2,1H3. The fourth-order valence-electron chi connectivity index (χ4n) is 2.45. The summed E-state index contributed by atoms with van der Waals surface area (Å²) in [6.07, 6.45) is 1.19. The Labute approximate surface area is 123 Å². The van der Waals surface area contributed by atoms with E-state index in [1.165, 1.54) is 12.2 Å². The van der Waals surface area contributed by atoms with Crippen molar-refractivity contribution < 1.29 is 4.92 Å². The molecule has 0 radical (unpaired) electrons. The lowest BCUT2D eigenvalue weighted by atomic mass is 10.1. The highest BCUT2D eigenvalue weighted by molar-refractivity contribution is 7.99. The third-order valence-corrected chi connectivity index (χ3v) is 4.44. The summed E-state index contributed by atoms with van der Waals surface area (Å²) in [5.41, 5.74) is 1.87. The molecule has 1 aliphatic rings. The van der Waals surface area contributed by atoms with Crippen molar-refractivity contribution in [2.45, 2.75) is 19.9 Å². The molecule has 0 unspecified atom stereocenters. The minimum Gasteiger partial charge on any atom is -0.380 e. The van der Waals surface area contributed by atoms with E-state index in [9.17, 15) is 10.1 Å². The first-order chi connectivity index (χ1) is 9.72. The van der Waals surface area contributed by atoms with Gasteiger partial charge in [-0.1, -0.05) is 12.1 Å². The molecule has 1 saturated heterocycles. The minimum atomic E-state index is -0.306. The number of thioether (sulfide) groups is 1. The van der Waals surface area contributed by atoms with Gasteiger partial charge in [-0.05, 0) is 31.2 Å². The Hall–Kier alpha value is -1.27. The second-order valence-electron chi connectivity index (χ2n) is 4.84. The molecule has 5 nitrogen and oxygen atoms in total. The van der Waals surface area contributed by atoms with Crippen molar-refractivity contribution in [1.29, 1.82) is 0 Å². The monoisotopic (exact) mass is 295 g/mol. The van der Waals surface area contributed by atoms with Gasteiger partial charge in [0.1, 0.15) is 5.69 Å². The fraction of sp³-hybridized carbons (Fsp3) is 0.571. The molecule has 1 heterocycles. The largest absolute Gasteiger partial charge is 0.380 e. The Kier molecular flexibility index (Phi) is 5.67. The number of para-hydroxylation sites is 1. The second kappa shape index (κ2) is 7.50. The number of benzene rings is 1. The van der Waals surface area contributed by atoms with E-state index in [4.69, 9.17) is 0 Å². The van der Waals surface area contributed by atoms with Crippen LogP contribution in [-0.4, -0.2) is 41.0 Å². The Balaban J connectivity index is 2.20. The van der Waals surface area contributed by atoms with Crippen LogP contribution in [0.15, 0.2) is 18.2 Å². The molecule has 1 aromatic carbocycles. The second-order valence-corrected chi connectivity index (χ2v) is 6.07. The van der Waals surface area contributed by atoms with Crippen LogP contribution in [-0.2, 0) is 6.54 Å². The van der Waals surface area contributed by atoms with Gasteiger partial charge in [0.25, 0.3) is 5.69 Å². The number of nitro groups is 1. The van der Waals surface area contributed by atoms with Crippen LogP contribution >= 0.6 is 11.8 Å². The van der Waals surface area contributed by atoms with Gasteiger partial charge in [0.15, 0.2) is 0 Å². The van der Waals surface area contributed by atoms with Crippen molar-refractivity contribution in [3.8, 4) is 0 Å². The van der Waals surface area contributed by atoms with E-state index in [-0.39, 0.29) is 10.6 Å². The fourth-order valence-corrected chi connectivity index (χ4v) is 3.37. The lowest BCUT2D eigenvalue weighted by molar-refractivity contribution is -0.384. The molecule has 20 heavy (non-hydrogen) atoms. The Morgan fingerprint density at radius 2 is 2.25 bits per heavy atom. The third kappa shape index (κ3) is 3.86. The number of hydrogen-bond acceptors (Lipinski definition) is 5. The summed E-state index contributed by atoms with van der Waals surface area (Å²) >= 11 is 1.99. The maximum atomic E-state index is 11.1. The molecule has 6 heteroatoms. The number of hydrogen-bond donors (Lipinski definition) is 1. The zero-order chi connectivity index (χ0) is 14.4. The molecule has 110 valence electrons. The molecule has 2 rings (SSSR count). The van der Waals surface area contributed by atoms with Gasteiger partial charge in [-0.15, -0.1) is 0 Å². The van der Waals surface area contributed by atoms with Crippen molar-refractivity contribution in [3.05, 3.63) is 33.9 Å². The minimum absolute atomic E-state index is 0.175. The highest BCUT2D eigenvalue weighted by Gasteiger charge is 2.19. The van der Waals surface area contributed by atoms with Crippen LogP contribution in [0, 0.1) is 10.1 Å². The highest BCUT2D eigenvalue weighted by Crippen LogP contribution is 2.29. The summed E-state index contributed by atoms with van der Waals surface area (Å²) in [6.45, 7) is 5.56. The molecule has 0 saturated carbocycles. The van der Waals surface area contributed by atoms with E-state index in [1.54, 1.807) is 12.1 Å². The lowest BCUT2D eigenvalue weighted by Crippen LogP contribution is -2.26. The maximum Gasteiger partial charge on any atom is 0.292 e. The molecule has 1 fully saturated rings. The molecular formula is C14H21N3O2S. The number of nitro benzene ring substituents is 1. The van der Waals surface area contributed by atoms with Crippen LogP contribution < -0.4 is 5.32 Å². The molecule has 1 N–H and O–H groups in total. The van der Waals surface area contributed by atoms with Crippen molar-refractivity contribution in [3.63, 3.8) is 0 Å². The van der Waals surface area contributed by atoms with Crippen LogP contribution in [0.3, 0.4) is 0 Å². The normalized spacial score (nSPS) is 16.6. The first-order valence-corrected chi connectivity index (χ1v) is 8.18. The van der Waals surface area contributed by atoms with Crippen molar-refractivity contribution in [2.24, 2.45) is 0 Å². The van der Waals surface area contributed by atoms with Gasteiger partial charge in [-0.2, -0.15) is 11.8 Å². The molecule has 0 aliphatic carbocycles. The van der Waals surface area contributed by atoms with E-state index in [2.05, 4.69) is 10.2 Å². The predicted molar refractivity (Wildman–Crippen MR) is 84.5 cm³/mol. The number of nitrogens with zero attached hydrogens (tertiary/aromatic N) is 2. The SMILES string of the molecule is CCNc1c(CN2CCCSCC2)cccc1[N+](=O)[O-]. The first kappa shape index (κ1) is 15.1. The van der Waals surface area contributed by atoms with Crippen LogP contribution in [0.4, 0.5) is 11.4 Å². The molecular weight excluding hydrogens is 274 g/mol. The van der Waals surface area contributed by atoms with Crippen molar-refractivity contribution in [2.75, 3.05) is 36.5 Å². The Bertz CT molecular complexity index is 460. The zero-order valence-electron chi connectivity index (χ0n) is 11.8. The van der Waals surface area contributed by atoms with Crippen LogP contribution in [0.2, 0.25) is 0 Å². The van der Waals surface area contributed by atoms with E-state index in [1.807, 2.05) is 24.8 Å². The van der Waals surface area contributed by atoms with Gasteiger partial charge in [0, 0.05) is 31.5 Å². The lowest BCUT2D eigenvalue weighted by Gasteiger charge is -2.21. The van der Waals surface area contributed by atoms with Gasteiger partial charge in [0.2, 0.25) is 0 Å². The third-order valence-electron chi connectivity index (χ3n) is 3.39. The van der Waals surface area contributed by atoms with Gasteiger partial charge in [-0.3, -0.25) is 15.0 Å². The quantitative estimate of drug-likeness (QED) is 0.668. The summed E-state index contributed by atoms with van der Waals surface area (Å²) in [5, 5.41) is 14.3. The average molecular weight is 295 g/mol. The summed E-state index contributed by atoms with van der Waals surface area (Å²) in [7, 11) is 0. The van der Waals surface area contributed by atoms with Gasteiger partial charge < -0.3 is 5.32 Å². The Morgan fingerprint density at radius 1 is 1.40 bits per heavy atom. The van der Waals surface area contributed by atoms with Crippen LogP contribution in [0.25, 0.3) is 0 Å². The van der Waals surface area contributed by atoms with E-state index in [0.717, 1.165) is 31.0 Å². The molecule has 0 bridgehead atoms. The Morgan fingerprint density at radius 3 is 3.00 bits per heavy atom. The van der Waals surface area contributed by atoms with Gasteiger partial charge in [-0.25, -0.2) is 0 Å². The number of anilines is 1. The molecule has 1 aromatic rings. The first-order valence-electron chi connectivity index (χ1n) is 7.02. The van der Waals surface area contributed by atoms with Crippen molar-refractivity contribution >= 4 is 23.1 Å². The zero-order valence-corrected chi connectivity index (χ0v) is 12.6. The van der Waals surface area contributed by atoms with Crippen molar-refractivity contribution in [1.82, 2.24) is 4.90 Å². The molecule has 0 amide bonds. The van der Waals surface area contributed by atoms with Gasteiger partial charge in [0.05, 0.1) is 4.92 Å². The molecule has 0 atom stereocenters. The summed E-state index contributed by atoms with van der Waals surface area (Å²) in [4.78, 5) is 13.2. The van der Waals surface area contributed by atoms with Crippen LogP contribution in [0.1, 0.15) is 18.9 Å². The summed E-state index contributed by atoms with van der Waals surface area (Å²) in [5.74, 6) is 2.36. The predicted octanol–water partition coefficient (Wildman–Crippen LogP) is 2.97. The summed E-state index contributed by atoms with van der Waals surface area (Å²) in [6, 6.07) is 5.34. The maximum absolute atomic E-state index is 11.1.